The smallest absolute Gasteiger partial charge is 0.0972 e. The van der Waals surface area contributed by atoms with Gasteiger partial charge in [-0.25, -0.2) is 0 Å². The number of nitrogens with zero attached hydrogens (tertiary/aromatic N) is 1. The first-order valence-electron chi connectivity index (χ1n) is 11.4. The van der Waals surface area contributed by atoms with Crippen LogP contribution >= 0.6 is 0 Å². The van der Waals surface area contributed by atoms with E-state index in [4.69, 9.17) is 0 Å². The van der Waals surface area contributed by atoms with E-state index in [0.29, 0.717) is 0 Å². The zero-order valence-corrected chi connectivity index (χ0v) is 19.5. The zero-order valence-electron chi connectivity index (χ0n) is 19.5. The van der Waals surface area contributed by atoms with Gasteiger partial charge in [0.1, 0.15) is 0 Å². The van der Waals surface area contributed by atoms with Gasteiger partial charge in [-0.15, -0.1) is 0 Å². The molecule has 1 atom stereocenters. The Bertz CT molecular complexity index is 1250. The lowest BCUT2D eigenvalue weighted by molar-refractivity contribution is 0.962. The Hall–Kier alpha value is -3.91. The third-order valence-electron chi connectivity index (χ3n) is 5.87. The first kappa shape index (κ1) is 22.3. The molecule has 0 heterocycles. The summed E-state index contributed by atoms with van der Waals surface area (Å²) >= 11 is 0. The van der Waals surface area contributed by atoms with Crippen molar-refractivity contribution in [3.63, 3.8) is 0 Å². The van der Waals surface area contributed by atoms with Crippen molar-refractivity contribution >= 4 is 11.5 Å². The van der Waals surface area contributed by atoms with E-state index in [1.807, 2.05) is 20.0 Å². The molecule has 4 rings (SSSR count). The first-order valence-corrected chi connectivity index (χ1v) is 11.4. The summed E-state index contributed by atoms with van der Waals surface area (Å²) in [5.74, 6) is 1.11. The van der Waals surface area contributed by atoms with Gasteiger partial charge >= 0.3 is 0 Å². The Kier molecular flexibility index (Phi) is 7.16. The molecule has 0 aromatic heterocycles. The lowest BCUT2D eigenvalue weighted by atomic mass is 9.94. The normalized spacial score (nSPS) is 12.9. The summed E-state index contributed by atoms with van der Waals surface area (Å²) in [5, 5.41) is 3.52. The maximum Gasteiger partial charge on any atom is 0.0972 e. The predicted molar refractivity (Wildman–Crippen MR) is 142 cm³/mol. The van der Waals surface area contributed by atoms with Gasteiger partial charge < -0.3 is 5.32 Å². The Morgan fingerprint density at radius 2 is 1.24 bits per heavy atom. The van der Waals surface area contributed by atoms with Gasteiger partial charge in [-0.05, 0) is 46.4 Å². The summed E-state index contributed by atoms with van der Waals surface area (Å²) in [7, 11) is 1.81. The highest BCUT2D eigenvalue weighted by molar-refractivity contribution is 5.89. The number of benzene rings is 4. The second-order valence-electron chi connectivity index (χ2n) is 8.24. The molecule has 4 aromatic rings. The molecule has 0 fully saturated rings. The van der Waals surface area contributed by atoms with Crippen molar-refractivity contribution in [2.24, 2.45) is 4.99 Å². The molecule has 4 aromatic carbocycles. The van der Waals surface area contributed by atoms with E-state index in [2.05, 4.69) is 126 Å². The molecule has 0 saturated heterocycles. The summed E-state index contributed by atoms with van der Waals surface area (Å²) in [4.78, 5) is 4.33. The van der Waals surface area contributed by atoms with Crippen LogP contribution in [0.5, 0.6) is 0 Å². The fraction of sp³-hybridized carbons (Fsp3) is 0.129. The molecule has 0 aliphatic heterocycles. The first-order chi connectivity index (χ1) is 16.1. The molecule has 33 heavy (non-hydrogen) atoms. The molecule has 0 bridgehead atoms. The minimum absolute atomic E-state index is 0.223. The van der Waals surface area contributed by atoms with E-state index in [-0.39, 0.29) is 5.92 Å². The number of hydrogen-bond donors (Lipinski definition) is 1. The Labute approximate surface area is 197 Å². The second-order valence-corrected chi connectivity index (χ2v) is 8.24. The largest absolute Gasteiger partial charge is 0.344 e. The van der Waals surface area contributed by atoms with Crippen LogP contribution in [0.4, 0.5) is 0 Å². The number of nitrogens with one attached hydrogen (secondary N) is 1. The topological polar surface area (TPSA) is 24.4 Å². The standard InChI is InChI=1S/C31H30N2/c1-23(27-16-10-17-28(21-27)25-12-6-4-7-13-25)20-31(33-24(2)32-3)30-19-11-18-29(22-30)26-14-8-5-9-15-26/h4-23H,1-3H3,(H,32,33)/b31-20-. The SMILES string of the molecule is CN=C(C)N/C(=C\C(C)c1cccc(-c2ccccc2)c1)c1cccc(-c2ccccc2)c1. The number of allylic oxidation sites excluding steroid dienone is 1. The van der Waals surface area contributed by atoms with Gasteiger partial charge in [0, 0.05) is 18.7 Å². The van der Waals surface area contributed by atoms with Crippen LogP contribution in [-0.2, 0) is 0 Å². The monoisotopic (exact) mass is 430 g/mol. The number of aliphatic imine (C=N–C) groups is 1. The predicted octanol–water partition coefficient (Wildman–Crippen LogP) is 7.80. The fourth-order valence-corrected chi connectivity index (χ4v) is 3.94. The summed E-state index contributed by atoms with van der Waals surface area (Å²) < 4.78 is 0. The van der Waals surface area contributed by atoms with E-state index in [1.165, 1.54) is 27.8 Å². The van der Waals surface area contributed by atoms with Gasteiger partial charge in [0.25, 0.3) is 0 Å². The summed E-state index contributed by atoms with van der Waals surface area (Å²) in [6.07, 6.45) is 2.29. The highest BCUT2D eigenvalue weighted by Crippen LogP contribution is 2.28. The zero-order chi connectivity index (χ0) is 23.0. The maximum absolute atomic E-state index is 4.33. The minimum Gasteiger partial charge on any atom is -0.344 e. The number of hydrogen-bond acceptors (Lipinski definition) is 1. The van der Waals surface area contributed by atoms with Gasteiger partial charge in [-0.2, -0.15) is 0 Å². The minimum atomic E-state index is 0.223. The highest BCUT2D eigenvalue weighted by atomic mass is 15.0. The molecule has 0 aliphatic rings. The maximum atomic E-state index is 4.33. The fourth-order valence-electron chi connectivity index (χ4n) is 3.94. The van der Waals surface area contributed by atoms with Crippen molar-refractivity contribution in [1.82, 2.24) is 5.32 Å². The quantitative estimate of drug-likeness (QED) is 0.245. The van der Waals surface area contributed by atoms with Crippen LogP contribution in [0.1, 0.15) is 30.9 Å². The number of amidine groups is 1. The third kappa shape index (κ3) is 5.67. The average Bonchev–Trinajstić information content (AvgIpc) is 2.89. The molecule has 2 nitrogen and oxygen atoms in total. The van der Waals surface area contributed by atoms with Crippen molar-refractivity contribution in [1.29, 1.82) is 0 Å². The van der Waals surface area contributed by atoms with Gasteiger partial charge in [0.15, 0.2) is 0 Å². The second kappa shape index (κ2) is 10.6. The molecule has 0 saturated carbocycles. The highest BCUT2D eigenvalue weighted by Gasteiger charge is 2.10. The van der Waals surface area contributed by atoms with Crippen LogP contribution in [0.3, 0.4) is 0 Å². The Morgan fingerprint density at radius 1 is 0.697 bits per heavy atom. The molecule has 1 N–H and O–H groups in total. The van der Waals surface area contributed by atoms with Crippen LogP contribution in [0.25, 0.3) is 28.0 Å². The molecular weight excluding hydrogens is 400 g/mol. The van der Waals surface area contributed by atoms with Crippen LogP contribution in [0.2, 0.25) is 0 Å². The van der Waals surface area contributed by atoms with Crippen LogP contribution in [0.15, 0.2) is 120 Å². The van der Waals surface area contributed by atoms with E-state index in [9.17, 15) is 0 Å². The molecule has 2 heteroatoms. The molecule has 164 valence electrons. The van der Waals surface area contributed by atoms with Crippen molar-refractivity contribution in [2.45, 2.75) is 19.8 Å². The van der Waals surface area contributed by atoms with E-state index < -0.39 is 0 Å². The van der Waals surface area contributed by atoms with E-state index in [1.54, 1.807) is 0 Å². The lowest BCUT2D eigenvalue weighted by Crippen LogP contribution is -2.19. The van der Waals surface area contributed by atoms with Crippen molar-refractivity contribution in [2.75, 3.05) is 7.05 Å². The van der Waals surface area contributed by atoms with Gasteiger partial charge in [-0.3, -0.25) is 4.99 Å². The summed E-state index contributed by atoms with van der Waals surface area (Å²) in [5.41, 5.74) is 8.37. The van der Waals surface area contributed by atoms with E-state index in [0.717, 1.165) is 17.1 Å². The van der Waals surface area contributed by atoms with Gasteiger partial charge in [-0.1, -0.05) is 116 Å². The van der Waals surface area contributed by atoms with Crippen LogP contribution in [-0.4, -0.2) is 12.9 Å². The lowest BCUT2D eigenvalue weighted by Gasteiger charge is -2.16. The molecule has 0 spiro atoms. The van der Waals surface area contributed by atoms with E-state index >= 15 is 0 Å². The van der Waals surface area contributed by atoms with Crippen molar-refractivity contribution in [3.05, 3.63) is 126 Å². The van der Waals surface area contributed by atoms with Gasteiger partial charge in [0.2, 0.25) is 0 Å². The third-order valence-corrected chi connectivity index (χ3v) is 5.87. The number of rotatable bonds is 6. The Balaban J connectivity index is 1.70. The average molecular weight is 431 g/mol. The van der Waals surface area contributed by atoms with Crippen molar-refractivity contribution in [3.8, 4) is 22.3 Å². The summed E-state index contributed by atoms with van der Waals surface area (Å²) in [6.45, 7) is 4.24. The molecule has 0 radical (unpaired) electrons. The van der Waals surface area contributed by atoms with Gasteiger partial charge in [0.05, 0.1) is 5.84 Å². The molecule has 0 amide bonds. The summed E-state index contributed by atoms with van der Waals surface area (Å²) in [6, 6.07) is 38.5. The van der Waals surface area contributed by atoms with Crippen molar-refractivity contribution < 1.29 is 0 Å². The molecule has 0 aliphatic carbocycles. The molecular formula is C31H30N2. The Morgan fingerprint density at radius 3 is 1.85 bits per heavy atom. The molecule has 1 unspecified atom stereocenters. The van der Waals surface area contributed by atoms with Crippen LogP contribution < -0.4 is 5.32 Å². The van der Waals surface area contributed by atoms with Crippen LogP contribution in [0, 0.1) is 0 Å².